The lowest BCUT2D eigenvalue weighted by Gasteiger charge is -2.19. The Balaban J connectivity index is 2.28. The van der Waals surface area contributed by atoms with Crippen LogP contribution in [-0.2, 0) is 14.3 Å². The van der Waals surface area contributed by atoms with Gasteiger partial charge in [-0.2, -0.15) is 0 Å². The van der Waals surface area contributed by atoms with Crippen molar-refractivity contribution in [3.8, 4) is 0 Å². The Bertz CT molecular complexity index is 510. The zero-order valence-corrected chi connectivity index (χ0v) is 12.1. The summed E-state index contributed by atoms with van der Waals surface area (Å²) in [5.74, 6) is -1.47. The van der Waals surface area contributed by atoms with Crippen molar-refractivity contribution >= 4 is 11.7 Å². The first-order valence-corrected chi connectivity index (χ1v) is 6.48. The highest BCUT2D eigenvalue weighted by Gasteiger charge is 2.49. The van der Waals surface area contributed by atoms with Crippen LogP contribution in [0.1, 0.15) is 24.2 Å². The highest BCUT2D eigenvalue weighted by Crippen LogP contribution is 2.31. The summed E-state index contributed by atoms with van der Waals surface area (Å²) in [6.07, 6.45) is -1.82. The van der Waals surface area contributed by atoms with E-state index in [1.807, 2.05) is 6.07 Å². The second-order valence-electron chi connectivity index (χ2n) is 5.44. The number of nitrogens with zero attached hydrogens (tertiary/aromatic N) is 1. The lowest BCUT2D eigenvalue weighted by atomic mass is 10.0. The topological polar surface area (TPSA) is 55.8 Å². The van der Waals surface area contributed by atoms with E-state index in [1.165, 1.54) is 4.90 Å². The van der Waals surface area contributed by atoms with Crippen LogP contribution in [0.4, 0.5) is 0 Å². The van der Waals surface area contributed by atoms with Gasteiger partial charge >= 0.3 is 0 Å². The number of rotatable bonds is 3. The summed E-state index contributed by atoms with van der Waals surface area (Å²) in [6, 6.07) is 8.78. The molecule has 0 aliphatic carbocycles. The molecule has 1 amide bonds. The Kier molecular flexibility index (Phi) is 3.92. The van der Waals surface area contributed by atoms with E-state index in [4.69, 9.17) is 9.47 Å². The molecule has 1 aromatic rings. The average Bonchev–Trinajstić information content (AvgIpc) is 2.74. The lowest BCUT2D eigenvalue weighted by molar-refractivity contribution is -0.159. The third-order valence-electron chi connectivity index (χ3n) is 3.10. The third kappa shape index (κ3) is 2.89. The van der Waals surface area contributed by atoms with Gasteiger partial charge in [0.1, 0.15) is 0 Å². The van der Waals surface area contributed by atoms with E-state index < -0.39 is 18.0 Å². The molecule has 20 heavy (non-hydrogen) atoms. The van der Waals surface area contributed by atoms with Crippen LogP contribution in [0.15, 0.2) is 30.3 Å². The van der Waals surface area contributed by atoms with Crippen LogP contribution < -0.4 is 0 Å². The van der Waals surface area contributed by atoms with E-state index in [9.17, 15) is 9.59 Å². The SMILES string of the molecule is CN(C)C(=O)[C@H]1OC(C)(C)O[C@H]1C(=O)c1ccccc1. The number of hydrogen-bond donors (Lipinski definition) is 0. The molecule has 0 aromatic heterocycles. The van der Waals surface area contributed by atoms with Crippen molar-refractivity contribution in [1.82, 2.24) is 4.90 Å². The highest BCUT2D eigenvalue weighted by molar-refractivity contribution is 6.03. The number of benzene rings is 1. The Morgan fingerprint density at radius 2 is 1.60 bits per heavy atom. The molecular weight excluding hydrogens is 258 g/mol. The van der Waals surface area contributed by atoms with Crippen molar-refractivity contribution in [1.29, 1.82) is 0 Å². The maximum absolute atomic E-state index is 12.5. The van der Waals surface area contributed by atoms with Crippen LogP contribution >= 0.6 is 0 Å². The van der Waals surface area contributed by atoms with E-state index >= 15 is 0 Å². The predicted molar refractivity (Wildman–Crippen MR) is 73.3 cm³/mol. The Labute approximate surface area is 118 Å². The molecule has 0 spiro atoms. The summed E-state index contributed by atoms with van der Waals surface area (Å²) in [4.78, 5) is 26.0. The third-order valence-corrected chi connectivity index (χ3v) is 3.10. The average molecular weight is 277 g/mol. The van der Waals surface area contributed by atoms with Gasteiger partial charge in [-0.15, -0.1) is 0 Å². The fourth-order valence-corrected chi connectivity index (χ4v) is 2.15. The maximum Gasteiger partial charge on any atom is 0.254 e. The number of ether oxygens (including phenoxy) is 2. The molecular formula is C15H19NO4. The van der Waals surface area contributed by atoms with Gasteiger partial charge in [0.15, 0.2) is 23.8 Å². The molecule has 0 saturated carbocycles. The molecule has 1 aliphatic rings. The molecule has 1 saturated heterocycles. The van der Waals surface area contributed by atoms with Crippen LogP contribution in [0, 0.1) is 0 Å². The number of ketones is 1. The smallest absolute Gasteiger partial charge is 0.254 e. The van der Waals surface area contributed by atoms with Crippen molar-refractivity contribution in [3.05, 3.63) is 35.9 Å². The summed E-state index contributed by atoms with van der Waals surface area (Å²) in [5.41, 5.74) is 0.510. The zero-order chi connectivity index (χ0) is 14.9. The van der Waals surface area contributed by atoms with E-state index in [2.05, 4.69) is 0 Å². The van der Waals surface area contributed by atoms with Gasteiger partial charge in [0.2, 0.25) is 0 Å². The molecule has 0 unspecified atom stereocenters. The molecule has 5 heteroatoms. The minimum atomic E-state index is -0.953. The van der Waals surface area contributed by atoms with E-state index in [0.717, 1.165) is 0 Å². The van der Waals surface area contributed by atoms with E-state index in [0.29, 0.717) is 5.56 Å². The molecule has 1 fully saturated rings. The van der Waals surface area contributed by atoms with Crippen LogP contribution in [-0.4, -0.2) is 48.7 Å². The molecule has 5 nitrogen and oxygen atoms in total. The van der Waals surface area contributed by atoms with Gasteiger partial charge in [0.25, 0.3) is 5.91 Å². The Hall–Kier alpha value is -1.72. The van der Waals surface area contributed by atoms with Crippen LogP contribution in [0.2, 0.25) is 0 Å². The van der Waals surface area contributed by atoms with Crippen molar-refractivity contribution in [3.63, 3.8) is 0 Å². The van der Waals surface area contributed by atoms with Crippen LogP contribution in [0.3, 0.4) is 0 Å². The second kappa shape index (κ2) is 5.34. The van der Waals surface area contributed by atoms with Gasteiger partial charge in [0, 0.05) is 19.7 Å². The fraction of sp³-hybridized carbons (Fsp3) is 0.467. The van der Waals surface area contributed by atoms with Gasteiger partial charge in [0.05, 0.1) is 0 Å². The number of amides is 1. The first-order valence-electron chi connectivity index (χ1n) is 6.48. The van der Waals surface area contributed by atoms with Crippen molar-refractivity contribution < 1.29 is 19.1 Å². The van der Waals surface area contributed by atoms with Gasteiger partial charge in [-0.3, -0.25) is 9.59 Å². The van der Waals surface area contributed by atoms with Crippen molar-refractivity contribution in [2.24, 2.45) is 0 Å². The number of carbonyl (C=O) groups is 2. The Morgan fingerprint density at radius 3 is 2.15 bits per heavy atom. The molecule has 108 valence electrons. The standard InChI is InChI=1S/C15H19NO4/c1-15(2)19-12(13(20-15)14(18)16(3)4)11(17)10-8-6-5-7-9-10/h5-9,12-13H,1-4H3/t12-,13-/m0/s1. The summed E-state index contributed by atoms with van der Waals surface area (Å²) in [7, 11) is 3.25. The fourth-order valence-electron chi connectivity index (χ4n) is 2.15. The van der Waals surface area contributed by atoms with Crippen LogP contribution in [0.5, 0.6) is 0 Å². The highest BCUT2D eigenvalue weighted by atomic mass is 16.8. The van der Waals surface area contributed by atoms with E-state index in [-0.39, 0.29) is 11.7 Å². The predicted octanol–water partition coefficient (Wildman–Crippen LogP) is 1.48. The van der Waals surface area contributed by atoms with Gasteiger partial charge in [-0.1, -0.05) is 30.3 Å². The number of hydrogen-bond acceptors (Lipinski definition) is 4. The molecule has 1 heterocycles. The first kappa shape index (κ1) is 14.7. The normalized spacial score (nSPS) is 24.4. The van der Waals surface area contributed by atoms with E-state index in [1.54, 1.807) is 52.2 Å². The van der Waals surface area contributed by atoms with Crippen molar-refractivity contribution in [2.45, 2.75) is 31.8 Å². The first-order chi connectivity index (χ1) is 9.32. The quantitative estimate of drug-likeness (QED) is 0.785. The molecule has 2 atom stereocenters. The summed E-state index contributed by atoms with van der Waals surface area (Å²) in [6.45, 7) is 3.39. The maximum atomic E-state index is 12.5. The minimum absolute atomic E-state index is 0.239. The summed E-state index contributed by atoms with van der Waals surface area (Å²) >= 11 is 0. The summed E-state index contributed by atoms with van der Waals surface area (Å²) in [5, 5.41) is 0. The molecule has 2 rings (SSSR count). The molecule has 0 bridgehead atoms. The molecule has 1 aromatic carbocycles. The monoisotopic (exact) mass is 277 g/mol. The largest absolute Gasteiger partial charge is 0.346 e. The number of Topliss-reactive ketones (excluding diaryl/α,β-unsaturated/α-hetero) is 1. The van der Waals surface area contributed by atoms with Crippen molar-refractivity contribution in [2.75, 3.05) is 14.1 Å². The zero-order valence-electron chi connectivity index (χ0n) is 12.1. The minimum Gasteiger partial charge on any atom is -0.346 e. The Morgan fingerprint density at radius 1 is 1.05 bits per heavy atom. The van der Waals surface area contributed by atoms with Gasteiger partial charge < -0.3 is 14.4 Å². The summed E-state index contributed by atoms with van der Waals surface area (Å²) < 4.78 is 11.2. The molecule has 1 aliphatic heterocycles. The van der Waals surface area contributed by atoms with Crippen LogP contribution in [0.25, 0.3) is 0 Å². The van der Waals surface area contributed by atoms with Gasteiger partial charge in [-0.25, -0.2) is 0 Å². The second-order valence-corrected chi connectivity index (χ2v) is 5.44. The lowest BCUT2D eigenvalue weighted by Crippen LogP contribution is -2.43. The molecule has 0 radical (unpaired) electrons. The van der Waals surface area contributed by atoms with Gasteiger partial charge in [-0.05, 0) is 13.8 Å². The number of carbonyl (C=O) groups excluding carboxylic acids is 2. The number of likely N-dealkylation sites (N-methyl/N-ethyl adjacent to an activating group) is 1. The molecule has 0 N–H and O–H groups in total.